The van der Waals surface area contributed by atoms with Gasteiger partial charge in [0.15, 0.2) is 0 Å². The zero-order chi connectivity index (χ0) is 13.8. The van der Waals surface area contributed by atoms with Crippen LogP contribution in [0.5, 0.6) is 0 Å². The number of hydrogen-bond donors (Lipinski definition) is 0. The third-order valence-corrected chi connectivity index (χ3v) is 4.05. The predicted molar refractivity (Wildman–Crippen MR) is 65.2 cm³/mol. The quantitative estimate of drug-likeness (QED) is 0.700. The normalized spacial score (nSPS) is 25.4. The highest BCUT2D eigenvalue weighted by Crippen LogP contribution is 2.34. The molecular weight excluding hydrogens is 241 g/mol. The Balaban J connectivity index is 2.24. The fourth-order valence-corrected chi connectivity index (χ4v) is 2.78. The standard InChI is InChI=1S/C14H23F3O/c1-10(2)11-5-7-12(8-6-11)13(18)4-3-9-14(15,16)17/h10-12H,3-9H2,1-2H3. The Labute approximate surface area is 107 Å². The van der Waals surface area contributed by atoms with Crippen LogP contribution in [0.4, 0.5) is 13.2 Å². The summed E-state index contributed by atoms with van der Waals surface area (Å²) >= 11 is 0. The van der Waals surface area contributed by atoms with Crippen LogP contribution in [0.25, 0.3) is 0 Å². The third kappa shape index (κ3) is 5.40. The van der Waals surface area contributed by atoms with Crippen LogP contribution in [-0.4, -0.2) is 12.0 Å². The second-order valence-electron chi connectivity index (χ2n) is 5.79. The van der Waals surface area contributed by atoms with E-state index in [0.29, 0.717) is 11.8 Å². The first-order valence-electron chi connectivity index (χ1n) is 6.89. The second kappa shape index (κ2) is 6.58. The minimum Gasteiger partial charge on any atom is -0.299 e. The van der Waals surface area contributed by atoms with Gasteiger partial charge in [-0.15, -0.1) is 0 Å². The maximum absolute atomic E-state index is 12.0. The van der Waals surface area contributed by atoms with E-state index >= 15 is 0 Å². The summed E-state index contributed by atoms with van der Waals surface area (Å²) in [7, 11) is 0. The van der Waals surface area contributed by atoms with Crippen molar-refractivity contribution in [2.24, 2.45) is 17.8 Å². The average molecular weight is 264 g/mol. The van der Waals surface area contributed by atoms with Crippen LogP contribution in [0.2, 0.25) is 0 Å². The molecule has 0 aliphatic heterocycles. The molecule has 1 rings (SSSR count). The summed E-state index contributed by atoms with van der Waals surface area (Å²) in [5.74, 6) is 1.39. The summed E-state index contributed by atoms with van der Waals surface area (Å²) in [5, 5.41) is 0. The predicted octanol–water partition coefficient (Wildman–Crippen LogP) is 4.75. The first-order valence-corrected chi connectivity index (χ1v) is 6.89. The number of carbonyl (C=O) groups excluding carboxylic acids is 1. The summed E-state index contributed by atoms with van der Waals surface area (Å²) in [5.41, 5.74) is 0. The van der Waals surface area contributed by atoms with E-state index in [9.17, 15) is 18.0 Å². The number of hydrogen-bond acceptors (Lipinski definition) is 1. The van der Waals surface area contributed by atoms with Crippen molar-refractivity contribution in [2.45, 2.75) is 65.0 Å². The average Bonchev–Trinajstić information content (AvgIpc) is 2.27. The van der Waals surface area contributed by atoms with Gasteiger partial charge in [0.05, 0.1) is 0 Å². The van der Waals surface area contributed by atoms with E-state index in [4.69, 9.17) is 0 Å². The Kier molecular flexibility index (Phi) is 5.67. The molecule has 0 aromatic heterocycles. The van der Waals surface area contributed by atoms with Gasteiger partial charge >= 0.3 is 6.18 Å². The SMILES string of the molecule is CC(C)C1CCC(C(=O)CCCC(F)(F)F)CC1. The van der Waals surface area contributed by atoms with Gasteiger partial charge in [-0.2, -0.15) is 13.2 Å². The van der Waals surface area contributed by atoms with Crippen LogP contribution >= 0.6 is 0 Å². The molecule has 0 unspecified atom stereocenters. The molecule has 1 aliphatic rings. The van der Waals surface area contributed by atoms with Crippen LogP contribution in [0.15, 0.2) is 0 Å². The Morgan fingerprint density at radius 1 is 1.17 bits per heavy atom. The highest BCUT2D eigenvalue weighted by molar-refractivity contribution is 5.81. The largest absolute Gasteiger partial charge is 0.389 e. The molecule has 106 valence electrons. The molecule has 0 spiro atoms. The van der Waals surface area contributed by atoms with E-state index in [0.717, 1.165) is 25.7 Å². The molecule has 0 saturated heterocycles. The van der Waals surface area contributed by atoms with E-state index in [2.05, 4.69) is 13.8 Å². The monoisotopic (exact) mass is 264 g/mol. The van der Waals surface area contributed by atoms with Gasteiger partial charge < -0.3 is 0 Å². The number of Topliss-reactive ketones (excluding diaryl/α,β-unsaturated/α-hetero) is 1. The molecule has 1 nitrogen and oxygen atoms in total. The van der Waals surface area contributed by atoms with Crippen molar-refractivity contribution < 1.29 is 18.0 Å². The van der Waals surface area contributed by atoms with Crippen molar-refractivity contribution in [3.8, 4) is 0 Å². The minimum absolute atomic E-state index is 0.0215. The van der Waals surface area contributed by atoms with Crippen LogP contribution in [-0.2, 0) is 4.79 Å². The Hall–Kier alpha value is -0.540. The van der Waals surface area contributed by atoms with Gasteiger partial charge in [0.2, 0.25) is 0 Å². The Morgan fingerprint density at radius 2 is 1.72 bits per heavy atom. The fraction of sp³-hybridized carbons (Fsp3) is 0.929. The lowest BCUT2D eigenvalue weighted by Gasteiger charge is -2.30. The fourth-order valence-electron chi connectivity index (χ4n) is 2.78. The number of carbonyl (C=O) groups is 1. The van der Waals surface area contributed by atoms with Gasteiger partial charge in [0.25, 0.3) is 0 Å². The van der Waals surface area contributed by atoms with Gasteiger partial charge in [0.1, 0.15) is 5.78 Å². The summed E-state index contributed by atoms with van der Waals surface area (Å²) in [6.45, 7) is 4.38. The summed E-state index contributed by atoms with van der Waals surface area (Å²) in [6, 6.07) is 0. The molecular formula is C14H23F3O. The van der Waals surface area contributed by atoms with Gasteiger partial charge in [-0.1, -0.05) is 13.8 Å². The van der Waals surface area contributed by atoms with Gasteiger partial charge in [-0.25, -0.2) is 0 Å². The molecule has 18 heavy (non-hydrogen) atoms. The van der Waals surface area contributed by atoms with Gasteiger partial charge in [-0.05, 0) is 43.9 Å². The number of alkyl halides is 3. The molecule has 0 N–H and O–H groups in total. The van der Waals surface area contributed by atoms with Crippen molar-refractivity contribution in [1.82, 2.24) is 0 Å². The van der Waals surface area contributed by atoms with Crippen LogP contribution in [0.1, 0.15) is 58.8 Å². The third-order valence-electron chi connectivity index (χ3n) is 4.05. The zero-order valence-corrected chi connectivity index (χ0v) is 11.2. The van der Waals surface area contributed by atoms with E-state index in [-0.39, 0.29) is 24.5 Å². The molecule has 0 amide bonds. The highest BCUT2D eigenvalue weighted by Gasteiger charge is 2.29. The number of ketones is 1. The molecule has 1 aliphatic carbocycles. The first-order chi connectivity index (χ1) is 8.29. The molecule has 0 atom stereocenters. The van der Waals surface area contributed by atoms with Gasteiger partial charge in [-0.3, -0.25) is 4.79 Å². The number of rotatable bonds is 5. The molecule has 1 fully saturated rings. The summed E-state index contributed by atoms with van der Waals surface area (Å²) < 4.78 is 35.9. The topological polar surface area (TPSA) is 17.1 Å². The van der Waals surface area contributed by atoms with Crippen molar-refractivity contribution in [1.29, 1.82) is 0 Å². The first kappa shape index (κ1) is 15.5. The maximum atomic E-state index is 12.0. The van der Waals surface area contributed by atoms with E-state index in [1.165, 1.54) is 0 Å². The molecule has 0 aromatic carbocycles. The van der Waals surface area contributed by atoms with Crippen molar-refractivity contribution in [3.63, 3.8) is 0 Å². The van der Waals surface area contributed by atoms with Crippen molar-refractivity contribution >= 4 is 5.78 Å². The van der Waals surface area contributed by atoms with Crippen molar-refractivity contribution in [3.05, 3.63) is 0 Å². The van der Waals surface area contributed by atoms with Crippen LogP contribution in [0.3, 0.4) is 0 Å². The lowest BCUT2D eigenvalue weighted by Crippen LogP contribution is -2.24. The molecule has 0 bridgehead atoms. The number of halogens is 3. The van der Waals surface area contributed by atoms with Gasteiger partial charge in [0, 0.05) is 18.8 Å². The van der Waals surface area contributed by atoms with Crippen LogP contribution < -0.4 is 0 Å². The molecule has 0 radical (unpaired) electrons. The second-order valence-corrected chi connectivity index (χ2v) is 5.79. The van der Waals surface area contributed by atoms with E-state index in [1.807, 2.05) is 0 Å². The van der Waals surface area contributed by atoms with E-state index < -0.39 is 12.6 Å². The minimum atomic E-state index is -4.13. The van der Waals surface area contributed by atoms with E-state index in [1.54, 1.807) is 0 Å². The smallest absolute Gasteiger partial charge is 0.299 e. The zero-order valence-electron chi connectivity index (χ0n) is 11.2. The van der Waals surface area contributed by atoms with Crippen LogP contribution in [0, 0.1) is 17.8 Å². The summed E-state index contributed by atoms with van der Waals surface area (Å²) in [6.07, 6.45) is -1.08. The maximum Gasteiger partial charge on any atom is 0.389 e. The summed E-state index contributed by atoms with van der Waals surface area (Å²) in [4.78, 5) is 11.8. The molecule has 4 heteroatoms. The highest BCUT2D eigenvalue weighted by atomic mass is 19.4. The van der Waals surface area contributed by atoms with Crippen molar-refractivity contribution in [2.75, 3.05) is 0 Å². The Morgan fingerprint density at radius 3 is 2.17 bits per heavy atom. The molecule has 1 saturated carbocycles. The molecule has 0 aromatic rings. The lowest BCUT2D eigenvalue weighted by atomic mass is 9.75. The lowest BCUT2D eigenvalue weighted by molar-refractivity contribution is -0.137. The molecule has 0 heterocycles. The Bertz CT molecular complexity index is 263.